The molecule has 2 aromatic carbocycles. The first-order chi connectivity index (χ1) is 15.6. The molecule has 3 rings (SSSR count). The molecule has 0 radical (unpaired) electrons. The van der Waals surface area contributed by atoms with E-state index in [2.05, 4.69) is 10.4 Å². The highest BCUT2D eigenvalue weighted by molar-refractivity contribution is 5.71. The monoisotopic (exact) mass is 440 g/mol. The summed E-state index contributed by atoms with van der Waals surface area (Å²) in [6, 6.07) is 16.6. The van der Waals surface area contributed by atoms with Crippen LogP contribution < -0.4 is 25.3 Å². The Balaban J connectivity index is 1.79. The average molecular weight is 441 g/mol. The van der Waals surface area contributed by atoms with Crippen LogP contribution in [0.15, 0.2) is 54.6 Å². The number of hydrogen-bond acceptors (Lipinski definition) is 6. The van der Waals surface area contributed by atoms with Gasteiger partial charge in [-0.15, -0.1) is 5.10 Å². The van der Waals surface area contributed by atoms with E-state index in [0.29, 0.717) is 44.6 Å². The Labute approximate surface area is 187 Å². The highest BCUT2D eigenvalue weighted by Gasteiger charge is 2.13. The smallest absolute Gasteiger partial charge is 0.312 e. The van der Waals surface area contributed by atoms with Gasteiger partial charge >= 0.3 is 6.03 Å². The Morgan fingerprint density at radius 3 is 2.38 bits per heavy atom. The molecule has 0 spiro atoms. The number of ether oxygens (including phenoxy) is 4. The molecule has 0 atom stereocenters. The molecule has 0 saturated heterocycles. The maximum absolute atomic E-state index is 10.7. The Morgan fingerprint density at radius 2 is 1.72 bits per heavy atom. The van der Waals surface area contributed by atoms with Crippen molar-refractivity contribution in [1.82, 2.24) is 15.1 Å². The van der Waals surface area contributed by atoms with E-state index in [1.54, 1.807) is 7.11 Å². The minimum absolute atomic E-state index is 0.323. The molecule has 2 amide bonds. The van der Waals surface area contributed by atoms with Crippen LogP contribution in [-0.4, -0.2) is 55.9 Å². The van der Waals surface area contributed by atoms with E-state index in [1.165, 1.54) is 0 Å². The predicted molar refractivity (Wildman–Crippen MR) is 121 cm³/mol. The van der Waals surface area contributed by atoms with Gasteiger partial charge in [-0.2, -0.15) is 0 Å². The van der Waals surface area contributed by atoms with Gasteiger partial charge in [-0.25, -0.2) is 9.48 Å². The quantitative estimate of drug-likeness (QED) is 0.419. The number of amides is 2. The van der Waals surface area contributed by atoms with Crippen molar-refractivity contribution >= 4 is 6.03 Å². The summed E-state index contributed by atoms with van der Waals surface area (Å²) in [6.45, 7) is 4.16. The standard InChI is InChI=1S/C23H28N4O5/c1-3-30-14-15-32-22-16-21(27(26-22)18-6-10-19(29-2)11-7-18)17-4-8-20(9-5-17)31-13-12-25-23(24)28/h4-11,16H,3,12-15H2,1-2H3,(H3,24,25,28). The highest BCUT2D eigenvalue weighted by atomic mass is 16.5. The first-order valence-corrected chi connectivity index (χ1v) is 10.3. The molecule has 1 aromatic heterocycles. The molecule has 0 unspecified atom stereocenters. The largest absolute Gasteiger partial charge is 0.497 e. The third-order valence-electron chi connectivity index (χ3n) is 4.51. The number of carbonyl (C=O) groups excluding carboxylic acids is 1. The molecule has 3 aromatic rings. The summed E-state index contributed by atoms with van der Waals surface area (Å²) in [5.74, 6) is 1.96. The van der Waals surface area contributed by atoms with Crippen LogP contribution in [0.4, 0.5) is 4.79 Å². The topological polar surface area (TPSA) is 110 Å². The highest BCUT2D eigenvalue weighted by Crippen LogP contribution is 2.29. The lowest BCUT2D eigenvalue weighted by Gasteiger charge is -2.10. The van der Waals surface area contributed by atoms with Crippen molar-refractivity contribution in [3.05, 3.63) is 54.6 Å². The number of primary amides is 1. The predicted octanol–water partition coefficient (Wildman–Crippen LogP) is 3.01. The number of rotatable bonds is 12. The number of carbonyl (C=O) groups is 1. The van der Waals surface area contributed by atoms with Crippen molar-refractivity contribution in [2.75, 3.05) is 40.1 Å². The molecule has 0 fully saturated rings. The average Bonchev–Trinajstić information content (AvgIpc) is 3.24. The SMILES string of the molecule is CCOCCOc1cc(-c2ccc(OCCNC(N)=O)cc2)n(-c2ccc(OC)cc2)n1. The van der Waals surface area contributed by atoms with E-state index < -0.39 is 6.03 Å². The molecule has 9 nitrogen and oxygen atoms in total. The second-order valence-corrected chi connectivity index (χ2v) is 6.69. The van der Waals surface area contributed by atoms with E-state index in [-0.39, 0.29) is 0 Å². The van der Waals surface area contributed by atoms with Crippen LogP contribution in [-0.2, 0) is 4.74 Å². The number of benzene rings is 2. The molecular formula is C23H28N4O5. The lowest BCUT2D eigenvalue weighted by atomic mass is 10.1. The first kappa shape index (κ1) is 23.0. The van der Waals surface area contributed by atoms with Gasteiger partial charge in [0.05, 0.1) is 31.6 Å². The molecule has 3 N–H and O–H groups in total. The lowest BCUT2D eigenvalue weighted by Crippen LogP contribution is -2.32. The van der Waals surface area contributed by atoms with Crippen molar-refractivity contribution in [2.45, 2.75) is 6.92 Å². The number of nitrogens with one attached hydrogen (secondary N) is 1. The molecule has 32 heavy (non-hydrogen) atoms. The Kier molecular flexibility index (Phi) is 8.33. The number of aromatic nitrogens is 2. The van der Waals surface area contributed by atoms with E-state index in [1.807, 2.05) is 66.2 Å². The zero-order valence-corrected chi connectivity index (χ0v) is 18.2. The third kappa shape index (κ3) is 6.39. The molecule has 0 aliphatic carbocycles. The normalized spacial score (nSPS) is 10.6. The van der Waals surface area contributed by atoms with Crippen molar-refractivity contribution < 1.29 is 23.7 Å². The fourth-order valence-electron chi connectivity index (χ4n) is 2.97. The van der Waals surface area contributed by atoms with Gasteiger partial charge in [0.2, 0.25) is 5.88 Å². The lowest BCUT2D eigenvalue weighted by molar-refractivity contribution is 0.108. The third-order valence-corrected chi connectivity index (χ3v) is 4.51. The van der Waals surface area contributed by atoms with Gasteiger partial charge in [0.25, 0.3) is 0 Å². The van der Waals surface area contributed by atoms with Gasteiger partial charge in [0.1, 0.15) is 24.7 Å². The number of methoxy groups -OCH3 is 1. The molecule has 0 aliphatic heterocycles. The summed E-state index contributed by atoms with van der Waals surface area (Å²) >= 11 is 0. The first-order valence-electron chi connectivity index (χ1n) is 10.3. The zero-order chi connectivity index (χ0) is 22.8. The minimum Gasteiger partial charge on any atom is -0.497 e. The van der Waals surface area contributed by atoms with Gasteiger partial charge in [-0.3, -0.25) is 0 Å². The van der Waals surface area contributed by atoms with Crippen LogP contribution in [0.25, 0.3) is 16.9 Å². The van der Waals surface area contributed by atoms with Gasteiger partial charge < -0.3 is 30.0 Å². The summed E-state index contributed by atoms with van der Waals surface area (Å²) in [6.07, 6.45) is 0. The van der Waals surface area contributed by atoms with Crippen LogP contribution >= 0.6 is 0 Å². The number of hydrogen-bond donors (Lipinski definition) is 2. The van der Waals surface area contributed by atoms with Crippen LogP contribution in [0.5, 0.6) is 17.4 Å². The Bertz CT molecular complexity index is 987. The number of nitrogens with zero attached hydrogens (tertiary/aromatic N) is 2. The van der Waals surface area contributed by atoms with Crippen LogP contribution in [0.3, 0.4) is 0 Å². The molecule has 0 aliphatic rings. The van der Waals surface area contributed by atoms with Crippen molar-refractivity contribution in [1.29, 1.82) is 0 Å². The maximum Gasteiger partial charge on any atom is 0.312 e. The van der Waals surface area contributed by atoms with Gasteiger partial charge in [0.15, 0.2) is 0 Å². The van der Waals surface area contributed by atoms with E-state index in [9.17, 15) is 4.79 Å². The molecule has 9 heteroatoms. The maximum atomic E-state index is 10.7. The summed E-state index contributed by atoms with van der Waals surface area (Å²) in [7, 11) is 1.63. The van der Waals surface area contributed by atoms with Crippen LogP contribution in [0.1, 0.15) is 6.92 Å². The minimum atomic E-state index is -0.574. The Morgan fingerprint density at radius 1 is 1.00 bits per heavy atom. The van der Waals surface area contributed by atoms with Crippen LogP contribution in [0.2, 0.25) is 0 Å². The van der Waals surface area contributed by atoms with E-state index >= 15 is 0 Å². The molecule has 170 valence electrons. The number of nitrogens with two attached hydrogens (primary N) is 1. The van der Waals surface area contributed by atoms with Crippen LogP contribution in [0, 0.1) is 0 Å². The summed E-state index contributed by atoms with van der Waals surface area (Å²) in [5.41, 5.74) is 7.72. The van der Waals surface area contributed by atoms with Gasteiger partial charge in [-0.05, 0) is 55.5 Å². The second kappa shape index (κ2) is 11.6. The number of urea groups is 1. The molecule has 0 saturated carbocycles. The van der Waals surface area contributed by atoms with E-state index in [0.717, 1.165) is 22.7 Å². The molecule has 0 bridgehead atoms. The van der Waals surface area contributed by atoms with Gasteiger partial charge in [0, 0.05) is 18.2 Å². The fourth-order valence-corrected chi connectivity index (χ4v) is 2.97. The summed E-state index contributed by atoms with van der Waals surface area (Å²) in [5, 5.41) is 7.11. The zero-order valence-electron chi connectivity index (χ0n) is 18.2. The fraction of sp³-hybridized carbons (Fsp3) is 0.304. The summed E-state index contributed by atoms with van der Waals surface area (Å²) in [4.78, 5) is 10.7. The summed E-state index contributed by atoms with van der Waals surface area (Å²) < 4.78 is 23.8. The molecular weight excluding hydrogens is 412 g/mol. The van der Waals surface area contributed by atoms with Crippen molar-refractivity contribution in [2.24, 2.45) is 5.73 Å². The van der Waals surface area contributed by atoms with Crippen molar-refractivity contribution in [3.63, 3.8) is 0 Å². The Hall–Kier alpha value is -3.72. The second-order valence-electron chi connectivity index (χ2n) is 6.69. The molecule has 1 heterocycles. The van der Waals surface area contributed by atoms with E-state index in [4.69, 9.17) is 24.7 Å². The van der Waals surface area contributed by atoms with Crippen molar-refractivity contribution in [3.8, 4) is 34.3 Å². The van der Waals surface area contributed by atoms with Gasteiger partial charge in [-0.1, -0.05) is 0 Å².